The van der Waals surface area contributed by atoms with Gasteiger partial charge in [0.25, 0.3) is 15.9 Å². The van der Waals surface area contributed by atoms with E-state index in [9.17, 15) is 17.6 Å². The first kappa shape index (κ1) is 29.5. The van der Waals surface area contributed by atoms with E-state index in [1.54, 1.807) is 48.5 Å². The number of rotatable bonds is 7. The highest BCUT2D eigenvalue weighted by atomic mass is 32.2. The molecule has 2 aliphatic rings. The summed E-state index contributed by atoms with van der Waals surface area (Å²) in [4.78, 5) is 18.3. The molecule has 4 aromatic rings. The summed E-state index contributed by atoms with van der Waals surface area (Å²) in [6.07, 6.45) is 9.23. The first-order chi connectivity index (χ1) is 21.4. The average molecular weight is 608 g/mol. The molecular weight excluding hydrogens is 573 g/mol. The van der Waals surface area contributed by atoms with Gasteiger partial charge in [-0.1, -0.05) is 78.9 Å². The van der Waals surface area contributed by atoms with Gasteiger partial charge in [0.15, 0.2) is 0 Å². The van der Waals surface area contributed by atoms with Crippen LogP contribution in [0.4, 0.5) is 10.1 Å². The molecule has 1 amide bonds. The number of allylic oxidation sites excluding steroid dienone is 3. The molecular formula is C36H34FN3O3S. The predicted octanol–water partition coefficient (Wildman–Crippen LogP) is 6.84. The third kappa shape index (κ3) is 6.67. The Morgan fingerprint density at radius 3 is 2.41 bits per heavy atom. The Balaban J connectivity index is 1.19. The predicted molar refractivity (Wildman–Crippen MR) is 172 cm³/mol. The molecule has 6 rings (SSSR count). The molecule has 1 aliphatic heterocycles. The van der Waals surface area contributed by atoms with Crippen molar-refractivity contribution < 1.29 is 17.6 Å². The number of nitrogens with zero attached hydrogens (tertiary/aromatic N) is 2. The van der Waals surface area contributed by atoms with Crippen LogP contribution in [0.1, 0.15) is 45.1 Å². The molecule has 1 fully saturated rings. The molecule has 44 heavy (non-hydrogen) atoms. The van der Waals surface area contributed by atoms with Gasteiger partial charge in [-0.15, -0.1) is 0 Å². The molecule has 224 valence electrons. The Morgan fingerprint density at radius 1 is 0.864 bits per heavy atom. The van der Waals surface area contributed by atoms with E-state index in [1.165, 1.54) is 12.1 Å². The standard InChI is InChI=1S/C36H34FN3O3S/c37-31-19-15-27(16-20-31)25-39-23-24-40(34(26-39)29-10-5-3-6-11-29)36(41)30-17-21-32(22-18-30)38-44(42,43)35-14-8-12-28-9-4-1-2-7-13-33(28)35/h1-6,8-12,14-22,34,38H,7,13,23-26H2/b2-1-,9-4-/t34-/m1/s1. The molecule has 0 aromatic heterocycles. The van der Waals surface area contributed by atoms with Crippen LogP contribution in [0, 0.1) is 5.82 Å². The zero-order valence-electron chi connectivity index (χ0n) is 24.3. The van der Waals surface area contributed by atoms with Crippen molar-refractivity contribution in [1.29, 1.82) is 0 Å². The highest BCUT2D eigenvalue weighted by Crippen LogP contribution is 2.30. The maximum atomic E-state index is 13.8. The quantitative estimate of drug-likeness (QED) is 0.250. The van der Waals surface area contributed by atoms with Crippen LogP contribution in [0.5, 0.6) is 0 Å². The van der Waals surface area contributed by atoms with Crippen LogP contribution >= 0.6 is 0 Å². The summed E-state index contributed by atoms with van der Waals surface area (Å²) in [5, 5.41) is 0. The molecule has 0 spiro atoms. The van der Waals surface area contributed by atoms with E-state index in [0.717, 1.165) is 28.7 Å². The summed E-state index contributed by atoms with van der Waals surface area (Å²) >= 11 is 0. The van der Waals surface area contributed by atoms with Gasteiger partial charge < -0.3 is 4.90 Å². The molecule has 8 heteroatoms. The van der Waals surface area contributed by atoms with Crippen molar-refractivity contribution >= 4 is 27.7 Å². The summed E-state index contributed by atoms with van der Waals surface area (Å²) in [5.41, 5.74) is 4.62. The topological polar surface area (TPSA) is 69.7 Å². The molecule has 0 saturated carbocycles. The van der Waals surface area contributed by atoms with Crippen molar-refractivity contribution in [2.45, 2.75) is 30.3 Å². The number of anilines is 1. The number of sulfonamides is 1. The lowest BCUT2D eigenvalue weighted by Crippen LogP contribution is -2.50. The first-order valence-electron chi connectivity index (χ1n) is 14.8. The number of carbonyl (C=O) groups excluding carboxylic acids is 1. The van der Waals surface area contributed by atoms with E-state index >= 15 is 0 Å². The zero-order valence-corrected chi connectivity index (χ0v) is 25.1. The van der Waals surface area contributed by atoms with E-state index in [4.69, 9.17) is 0 Å². The number of halogens is 1. The van der Waals surface area contributed by atoms with E-state index in [-0.39, 0.29) is 22.7 Å². The smallest absolute Gasteiger partial charge is 0.262 e. The Kier molecular flexibility index (Phi) is 8.72. The lowest BCUT2D eigenvalue weighted by Gasteiger charge is -2.42. The van der Waals surface area contributed by atoms with Gasteiger partial charge in [0.2, 0.25) is 0 Å². The van der Waals surface area contributed by atoms with E-state index < -0.39 is 10.0 Å². The molecule has 1 aliphatic carbocycles. The largest absolute Gasteiger partial charge is 0.329 e. The number of nitrogens with one attached hydrogen (secondary N) is 1. The number of fused-ring (bicyclic) bond motifs is 1. The monoisotopic (exact) mass is 607 g/mol. The molecule has 1 atom stereocenters. The average Bonchev–Trinajstić information content (AvgIpc) is 3.02. The number of amides is 1. The number of piperazine rings is 1. The van der Waals surface area contributed by atoms with E-state index in [2.05, 4.69) is 9.62 Å². The van der Waals surface area contributed by atoms with Gasteiger partial charge in [0, 0.05) is 37.4 Å². The van der Waals surface area contributed by atoms with Crippen LogP contribution in [0.25, 0.3) is 6.08 Å². The van der Waals surface area contributed by atoms with E-state index in [0.29, 0.717) is 43.9 Å². The number of hydrogen-bond donors (Lipinski definition) is 1. The van der Waals surface area contributed by atoms with Gasteiger partial charge in [0.1, 0.15) is 5.82 Å². The maximum absolute atomic E-state index is 13.8. The molecule has 1 heterocycles. The lowest BCUT2D eigenvalue weighted by molar-refractivity contribution is 0.0434. The molecule has 6 nitrogen and oxygen atoms in total. The molecule has 0 bridgehead atoms. The SMILES string of the molecule is O=C(c1ccc(NS(=O)(=O)c2cccc3c2CC/C=C\C=C/3)cc1)N1CCN(Cc2ccc(F)cc2)C[C@@H]1c1ccccc1. The Morgan fingerprint density at radius 2 is 1.64 bits per heavy atom. The van der Waals surface area contributed by atoms with Crippen LogP contribution in [-0.2, 0) is 23.0 Å². The molecule has 1 saturated heterocycles. The van der Waals surface area contributed by atoms with Gasteiger partial charge in [-0.2, -0.15) is 0 Å². The van der Waals surface area contributed by atoms with Crippen molar-refractivity contribution in [2.75, 3.05) is 24.4 Å². The molecule has 0 unspecified atom stereocenters. The van der Waals surface area contributed by atoms with Crippen molar-refractivity contribution in [1.82, 2.24) is 9.80 Å². The van der Waals surface area contributed by atoms with Gasteiger partial charge in [-0.25, -0.2) is 12.8 Å². The van der Waals surface area contributed by atoms with Crippen molar-refractivity contribution in [3.05, 3.63) is 149 Å². The van der Waals surface area contributed by atoms with Gasteiger partial charge in [-0.05, 0) is 77.6 Å². The van der Waals surface area contributed by atoms with Crippen molar-refractivity contribution in [3.8, 4) is 0 Å². The molecule has 4 aromatic carbocycles. The minimum absolute atomic E-state index is 0.112. The highest BCUT2D eigenvalue weighted by molar-refractivity contribution is 7.92. The minimum Gasteiger partial charge on any atom is -0.329 e. The van der Waals surface area contributed by atoms with Crippen molar-refractivity contribution in [2.24, 2.45) is 0 Å². The van der Waals surface area contributed by atoms with Crippen LogP contribution in [0.3, 0.4) is 0 Å². The molecule has 0 radical (unpaired) electrons. The molecule has 1 N–H and O–H groups in total. The van der Waals surface area contributed by atoms with Crippen LogP contribution in [0.2, 0.25) is 0 Å². The second kappa shape index (κ2) is 13.0. The Hall–Kier alpha value is -4.53. The summed E-state index contributed by atoms with van der Waals surface area (Å²) < 4.78 is 43.1. The van der Waals surface area contributed by atoms with Crippen LogP contribution in [0.15, 0.2) is 120 Å². The zero-order chi connectivity index (χ0) is 30.5. The van der Waals surface area contributed by atoms with Gasteiger partial charge in [0.05, 0.1) is 10.9 Å². The van der Waals surface area contributed by atoms with Gasteiger partial charge in [-0.3, -0.25) is 14.4 Å². The minimum atomic E-state index is -3.85. The summed E-state index contributed by atoms with van der Waals surface area (Å²) in [5.74, 6) is -0.371. The normalized spacial score (nSPS) is 18.5. The maximum Gasteiger partial charge on any atom is 0.262 e. The second-order valence-electron chi connectivity index (χ2n) is 11.1. The number of benzene rings is 4. The fourth-order valence-corrected chi connectivity index (χ4v) is 7.27. The summed E-state index contributed by atoms with van der Waals surface area (Å²) in [6.45, 7) is 2.50. The van der Waals surface area contributed by atoms with Crippen LogP contribution in [-0.4, -0.2) is 43.8 Å². The third-order valence-corrected chi connectivity index (χ3v) is 9.62. The Labute approximate surface area is 258 Å². The van der Waals surface area contributed by atoms with Gasteiger partial charge >= 0.3 is 0 Å². The second-order valence-corrected chi connectivity index (χ2v) is 12.8. The first-order valence-corrected chi connectivity index (χ1v) is 16.3. The van der Waals surface area contributed by atoms with Crippen LogP contribution < -0.4 is 4.72 Å². The third-order valence-electron chi connectivity index (χ3n) is 8.16. The summed E-state index contributed by atoms with van der Waals surface area (Å²) in [6, 6.07) is 28.3. The number of hydrogen-bond acceptors (Lipinski definition) is 4. The summed E-state index contributed by atoms with van der Waals surface area (Å²) in [7, 11) is -3.85. The van der Waals surface area contributed by atoms with E-state index in [1.807, 2.05) is 65.6 Å². The fourth-order valence-electron chi connectivity index (χ4n) is 5.91. The highest BCUT2D eigenvalue weighted by Gasteiger charge is 2.32. The Bertz CT molecular complexity index is 1790. The number of carbonyl (C=O) groups is 1. The fraction of sp³-hybridized carbons (Fsp3) is 0.194. The lowest BCUT2D eigenvalue weighted by atomic mass is 10.0. The van der Waals surface area contributed by atoms with Crippen molar-refractivity contribution in [3.63, 3.8) is 0 Å².